The van der Waals surface area contributed by atoms with Crippen LogP contribution in [-0.2, 0) is 34.9 Å². The standard InChI is InChI=1S/C29H36O16/c1-12-22(37)23(38)24(39)29(42-12)45-27-25(40)28(41-7-6-14-9-18(34)19(35)10-16(14)32)43-20(11-30)26(27)44-21(36)5-3-13-2-4-15(31)17(33)8-13/h2-5,8-10,12,20,22-35,37-40H,6-7,11H2,1H3/b5-3+/t12-,20+,22-,23+,24+,25+,26+,27+,28+,29-/m0/s1. The fourth-order valence-corrected chi connectivity index (χ4v) is 4.83. The number of aliphatic hydroxyl groups excluding tert-OH is 5. The van der Waals surface area contributed by atoms with Crippen LogP contribution in [0.4, 0.5) is 0 Å². The Balaban J connectivity index is 1.53. The van der Waals surface area contributed by atoms with E-state index in [1.807, 2.05) is 0 Å². The first kappa shape index (κ1) is 34.2. The number of rotatable bonds is 10. The lowest BCUT2D eigenvalue weighted by molar-refractivity contribution is -0.357. The van der Waals surface area contributed by atoms with Crippen LogP contribution in [0.25, 0.3) is 6.08 Å². The molecule has 2 saturated heterocycles. The van der Waals surface area contributed by atoms with Gasteiger partial charge in [0.15, 0.2) is 41.7 Å². The van der Waals surface area contributed by atoms with Crippen LogP contribution in [-0.4, -0.2) is 132 Å². The van der Waals surface area contributed by atoms with E-state index in [0.717, 1.165) is 18.2 Å². The van der Waals surface area contributed by atoms with Crippen LogP contribution in [0.15, 0.2) is 36.4 Å². The fourth-order valence-electron chi connectivity index (χ4n) is 4.83. The van der Waals surface area contributed by atoms with Gasteiger partial charge in [-0.25, -0.2) is 4.79 Å². The monoisotopic (exact) mass is 640 g/mol. The van der Waals surface area contributed by atoms with Gasteiger partial charge in [0.25, 0.3) is 0 Å². The molecule has 2 aliphatic rings. The molecule has 2 heterocycles. The Labute approximate surface area is 256 Å². The molecule has 0 radical (unpaired) electrons. The van der Waals surface area contributed by atoms with Crippen molar-refractivity contribution >= 4 is 12.0 Å². The minimum atomic E-state index is -1.80. The highest BCUT2D eigenvalue weighted by atomic mass is 16.7. The summed E-state index contributed by atoms with van der Waals surface area (Å²) in [6.07, 6.45) is -13.3. The molecule has 2 aromatic rings. The van der Waals surface area contributed by atoms with Gasteiger partial charge in [-0.15, -0.1) is 0 Å². The molecule has 16 nitrogen and oxygen atoms in total. The Morgan fingerprint density at radius 1 is 0.800 bits per heavy atom. The maximum Gasteiger partial charge on any atom is 0.331 e. The summed E-state index contributed by atoms with van der Waals surface area (Å²) in [5, 5.41) is 101. The molecule has 2 aromatic carbocycles. The van der Waals surface area contributed by atoms with Crippen molar-refractivity contribution in [3.8, 4) is 28.7 Å². The summed E-state index contributed by atoms with van der Waals surface area (Å²) in [5.41, 5.74) is 0.498. The molecule has 248 valence electrons. The number of phenolic OH excluding ortho intramolecular Hbond substituents is 5. The van der Waals surface area contributed by atoms with E-state index in [4.69, 9.17) is 23.7 Å². The van der Waals surface area contributed by atoms with Gasteiger partial charge in [-0.1, -0.05) is 6.07 Å². The minimum Gasteiger partial charge on any atom is -0.508 e. The summed E-state index contributed by atoms with van der Waals surface area (Å²) >= 11 is 0. The van der Waals surface area contributed by atoms with Crippen LogP contribution < -0.4 is 0 Å². The molecule has 0 aliphatic carbocycles. The van der Waals surface area contributed by atoms with Crippen molar-refractivity contribution in [3.63, 3.8) is 0 Å². The second-order valence-electron chi connectivity index (χ2n) is 10.6. The van der Waals surface area contributed by atoms with E-state index in [1.54, 1.807) is 0 Å². The average molecular weight is 641 g/mol. The molecule has 16 heteroatoms. The molecule has 2 aliphatic heterocycles. The van der Waals surface area contributed by atoms with E-state index in [0.29, 0.717) is 5.56 Å². The normalized spacial score (nSPS) is 32.0. The molecule has 10 atom stereocenters. The topological polar surface area (TPSA) is 266 Å². The Hall–Kier alpha value is -3.71. The molecule has 4 rings (SSSR count). The van der Waals surface area contributed by atoms with Gasteiger partial charge in [-0.3, -0.25) is 0 Å². The summed E-state index contributed by atoms with van der Waals surface area (Å²) in [7, 11) is 0. The highest BCUT2D eigenvalue weighted by Gasteiger charge is 2.52. The number of benzene rings is 2. The maximum absolute atomic E-state index is 12.8. The van der Waals surface area contributed by atoms with Crippen molar-refractivity contribution < 1.29 is 79.5 Å². The quantitative estimate of drug-likeness (QED) is 0.0625. The highest BCUT2D eigenvalue weighted by molar-refractivity contribution is 5.87. The van der Waals surface area contributed by atoms with E-state index in [1.165, 1.54) is 31.2 Å². The molecule has 2 fully saturated rings. The van der Waals surface area contributed by atoms with Gasteiger partial charge in [0.05, 0.1) is 19.3 Å². The molecule has 0 unspecified atom stereocenters. The zero-order chi connectivity index (χ0) is 33.0. The number of aromatic hydroxyl groups is 5. The summed E-state index contributed by atoms with van der Waals surface area (Å²) in [4.78, 5) is 12.8. The number of phenols is 5. The Morgan fingerprint density at radius 3 is 2.18 bits per heavy atom. The lowest BCUT2D eigenvalue weighted by Crippen LogP contribution is -2.65. The minimum absolute atomic E-state index is 0.0381. The summed E-state index contributed by atoms with van der Waals surface area (Å²) in [6.45, 7) is 0.388. The molecule has 0 bridgehead atoms. The van der Waals surface area contributed by atoms with Crippen LogP contribution in [0.1, 0.15) is 18.1 Å². The largest absolute Gasteiger partial charge is 0.508 e. The molecular formula is C29H36O16. The molecule has 10 N–H and O–H groups in total. The Morgan fingerprint density at radius 2 is 1.49 bits per heavy atom. The van der Waals surface area contributed by atoms with Gasteiger partial charge in [0.2, 0.25) is 0 Å². The van der Waals surface area contributed by atoms with E-state index >= 15 is 0 Å². The van der Waals surface area contributed by atoms with Crippen molar-refractivity contribution in [1.82, 2.24) is 0 Å². The Bertz CT molecular complexity index is 1350. The Kier molecular flexibility index (Phi) is 11.1. The third-order valence-electron chi connectivity index (χ3n) is 7.39. The van der Waals surface area contributed by atoms with E-state index in [2.05, 4.69) is 0 Å². The number of hydrogen-bond acceptors (Lipinski definition) is 16. The first-order chi connectivity index (χ1) is 21.3. The van der Waals surface area contributed by atoms with E-state index in [-0.39, 0.29) is 30.1 Å². The average Bonchev–Trinajstić information content (AvgIpc) is 3.00. The van der Waals surface area contributed by atoms with Crippen molar-refractivity contribution in [2.45, 2.75) is 74.8 Å². The van der Waals surface area contributed by atoms with Crippen molar-refractivity contribution in [2.24, 2.45) is 0 Å². The van der Waals surface area contributed by atoms with Crippen molar-refractivity contribution in [3.05, 3.63) is 47.5 Å². The SMILES string of the molecule is C[C@@H]1O[C@@H](O[C@@H]2[C@@H](O)[C@H](OCCc3cc(O)c(O)cc3O)O[C@H](CO)[C@H]2OC(=O)/C=C/c2ccc(O)c(O)c2)[C@H](O)[C@H](O)[C@H]1O. The smallest absolute Gasteiger partial charge is 0.331 e. The van der Waals surface area contributed by atoms with E-state index in [9.17, 15) is 55.9 Å². The summed E-state index contributed by atoms with van der Waals surface area (Å²) in [6, 6.07) is 5.82. The molecule has 0 spiro atoms. The molecule has 0 aromatic heterocycles. The predicted molar refractivity (Wildman–Crippen MR) is 149 cm³/mol. The number of carbonyl (C=O) groups is 1. The van der Waals surface area contributed by atoms with Gasteiger partial charge >= 0.3 is 5.97 Å². The first-order valence-electron chi connectivity index (χ1n) is 13.9. The summed E-state index contributed by atoms with van der Waals surface area (Å²) < 4.78 is 28.0. The predicted octanol–water partition coefficient (Wildman–Crippen LogP) is -1.31. The zero-order valence-corrected chi connectivity index (χ0v) is 23.9. The van der Waals surface area contributed by atoms with Crippen LogP contribution in [0.5, 0.6) is 28.7 Å². The molecule has 0 amide bonds. The van der Waals surface area contributed by atoms with Gasteiger partial charge < -0.3 is 74.7 Å². The molecule has 45 heavy (non-hydrogen) atoms. The number of hydrogen-bond donors (Lipinski definition) is 10. The van der Waals surface area contributed by atoms with Crippen LogP contribution in [0.2, 0.25) is 0 Å². The number of ether oxygens (including phenoxy) is 5. The van der Waals surface area contributed by atoms with Crippen LogP contribution >= 0.6 is 0 Å². The van der Waals surface area contributed by atoms with Crippen molar-refractivity contribution in [1.29, 1.82) is 0 Å². The first-order valence-corrected chi connectivity index (χ1v) is 13.9. The molecular weight excluding hydrogens is 604 g/mol. The third kappa shape index (κ3) is 7.93. The lowest BCUT2D eigenvalue weighted by atomic mass is 9.97. The zero-order valence-electron chi connectivity index (χ0n) is 23.9. The maximum atomic E-state index is 12.8. The van der Waals surface area contributed by atoms with Crippen LogP contribution in [0.3, 0.4) is 0 Å². The molecule has 0 saturated carbocycles. The lowest BCUT2D eigenvalue weighted by Gasteiger charge is -2.46. The fraction of sp³-hybridized carbons (Fsp3) is 0.483. The third-order valence-corrected chi connectivity index (χ3v) is 7.39. The second kappa shape index (κ2) is 14.6. The number of esters is 1. The van der Waals surface area contributed by atoms with Gasteiger partial charge in [-0.2, -0.15) is 0 Å². The second-order valence-corrected chi connectivity index (χ2v) is 10.6. The van der Waals surface area contributed by atoms with Crippen LogP contribution in [0, 0.1) is 0 Å². The van der Waals surface area contributed by atoms with Gasteiger partial charge in [0.1, 0.15) is 42.4 Å². The van der Waals surface area contributed by atoms with Gasteiger partial charge in [0, 0.05) is 17.7 Å². The van der Waals surface area contributed by atoms with E-state index < -0.39 is 91.2 Å². The van der Waals surface area contributed by atoms with Crippen molar-refractivity contribution in [2.75, 3.05) is 13.2 Å². The summed E-state index contributed by atoms with van der Waals surface area (Å²) in [5.74, 6) is -3.17. The van der Waals surface area contributed by atoms with Gasteiger partial charge in [-0.05, 0) is 43.2 Å². The highest BCUT2D eigenvalue weighted by Crippen LogP contribution is 2.34. The number of aliphatic hydroxyl groups is 5. The number of carbonyl (C=O) groups excluding carboxylic acids is 1.